The highest BCUT2D eigenvalue weighted by atomic mass is 16.6. The molecule has 3 atom stereocenters. The van der Waals surface area contributed by atoms with Crippen LogP contribution in [0.25, 0.3) is 0 Å². The second-order valence-corrected chi connectivity index (χ2v) is 6.98. The largest absolute Gasteiger partial charge is 0.444 e. The Morgan fingerprint density at radius 3 is 2.78 bits per heavy atom. The normalized spacial score (nSPS) is 22.0. The zero-order chi connectivity index (χ0) is 20.2. The maximum atomic E-state index is 12.0. The molecule has 0 spiro atoms. The maximum absolute atomic E-state index is 12.0. The van der Waals surface area contributed by atoms with Gasteiger partial charge in [-0.2, -0.15) is 0 Å². The van der Waals surface area contributed by atoms with Gasteiger partial charge in [0, 0.05) is 12.6 Å². The number of ether oxygens (including phenoxy) is 2. The van der Waals surface area contributed by atoms with Crippen molar-refractivity contribution in [3.05, 3.63) is 32.6 Å². The highest BCUT2D eigenvalue weighted by Crippen LogP contribution is 2.27. The maximum Gasteiger partial charge on any atom is 0.408 e. The van der Waals surface area contributed by atoms with Gasteiger partial charge in [0.2, 0.25) is 0 Å². The Bertz CT molecular complexity index is 856. The lowest BCUT2D eigenvalue weighted by Crippen LogP contribution is -2.34. The summed E-state index contributed by atoms with van der Waals surface area (Å²) in [7, 11) is 0. The number of carbonyl (C=O) groups excluding carboxylic acids is 1. The Kier molecular flexibility index (Phi) is 6.43. The minimum Gasteiger partial charge on any atom is -0.444 e. The molecule has 1 aromatic rings. The summed E-state index contributed by atoms with van der Waals surface area (Å²) in [6.07, 6.45) is -1.89. The van der Waals surface area contributed by atoms with Crippen molar-refractivity contribution in [2.45, 2.75) is 51.2 Å². The fourth-order valence-corrected chi connectivity index (χ4v) is 2.41. The lowest BCUT2D eigenvalue weighted by molar-refractivity contribution is -0.0459. The van der Waals surface area contributed by atoms with Crippen LogP contribution in [0, 0.1) is 11.8 Å². The van der Waals surface area contributed by atoms with Crippen LogP contribution >= 0.6 is 0 Å². The van der Waals surface area contributed by atoms with Gasteiger partial charge in [0.05, 0.1) is 19.3 Å². The molecule has 27 heavy (non-hydrogen) atoms. The number of alkyl carbamates (subject to hydrolysis) is 1. The molecule has 0 saturated carbocycles. The molecule has 0 aliphatic carbocycles. The molecule has 0 bridgehead atoms. The Hall–Kier alpha value is -2.61. The van der Waals surface area contributed by atoms with Gasteiger partial charge < -0.3 is 25.0 Å². The molecule has 10 heteroatoms. The van der Waals surface area contributed by atoms with Crippen molar-refractivity contribution >= 4 is 6.09 Å². The average molecular weight is 381 g/mol. The second kappa shape index (κ2) is 8.39. The van der Waals surface area contributed by atoms with Gasteiger partial charge in [-0.25, -0.2) is 9.59 Å². The van der Waals surface area contributed by atoms with Gasteiger partial charge in [-0.1, -0.05) is 11.8 Å². The number of hydrogen-bond donors (Lipinski definition) is 4. The number of hydrogen-bond acceptors (Lipinski definition) is 7. The van der Waals surface area contributed by atoms with Crippen LogP contribution in [-0.2, 0) is 9.47 Å². The van der Waals surface area contributed by atoms with Gasteiger partial charge in [0.15, 0.2) is 0 Å². The number of aromatic amines is 1. The van der Waals surface area contributed by atoms with Crippen LogP contribution in [0.4, 0.5) is 4.79 Å². The van der Waals surface area contributed by atoms with Gasteiger partial charge in [0.1, 0.15) is 23.5 Å². The Labute approximate surface area is 155 Å². The number of nitrogens with zero attached hydrogens (tertiary/aromatic N) is 1. The average Bonchev–Trinajstić information content (AvgIpc) is 2.92. The second-order valence-electron chi connectivity index (χ2n) is 6.98. The quantitative estimate of drug-likeness (QED) is 0.495. The topological polar surface area (TPSA) is 143 Å². The number of aliphatic hydroxyl groups excluding tert-OH is 2. The molecule has 1 aliphatic heterocycles. The Morgan fingerprint density at radius 1 is 1.48 bits per heavy atom. The predicted molar refractivity (Wildman–Crippen MR) is 94.1 cm³/mol. The molecule has 1 fully saturated rings. The van der Waals surface area contributed by atoms with Crippen molar-refractivity contribution in [3.63, 3.8) is 0 Å². The highest BCUT2D eigenvalue weighted by Gasteiger charge is 2.35. The molecule has 1 aromatic heterocycles. The van der Waals surface area contributed by atoms with Crippen molar-refractivity contribution in [2.24, 2.45) is 0 Å². The standard InChI is InChI=1S/C17H23N3O7/c1-17(2,3)27-16(25)18-6-4-5-10-8-20(15(24)19-14(10)23)13-7-11(22)12(9-21)26-13/h8,11-13,21-22H,6-7,9H2,1-3H3,(H,18,25)(H,19,23,24)/t11-,12+,13+/m0/s1. The molecular formula is C17H23N3O7. The Morgan fingerprint density at radius 2 is 2.19 bits per heavy atom. The SMILES string of the molecule is CC(C)(C)OC(=O)NCC#Cc1cn([C@H]2C[C@H](O)[C@@H](CO)O2)c(=O)[nH]c1=O. The van der Waals surface area contributed by atoms with Crippen LogP contribution in [0.3, 0.4) is 0 Å². The fourth-order valence-electron chi connectivity index (χ4n) is 2.41. The first-order chi connectivity index (χ1) is 12.6. The van der Waals surface area contributed by atoms with Crippen LogP contribution in [0.1, 0.15) is 39.0 Å². The van der Waals surface area contributed by atoms with E-state index in [4.69, 9.17) is 14.6 Å². The molecule has 148 valence electrons. The van der Waals surface area contributed by atoms with Crippen LogP contribution < -0.4 is 16.6 Å². The third-order valence-corrected chi connectivity index (χ3v) is 3.61. The van der Waals surface area contributed by atoms with E-state index in [0.29, 0.717) is 0 Å². The number of amides is 1. The molecule has 1 saturated heterocycles. The number of carbonyl (C=O) groups is 1. The summed E-state index contributed by atoms with van der Waals surface area (Å²) in [6.45, 7) is 4.73. The van der Waals surface area contributed by atoms with Crippen molar-refractivity contribution in [1.82, 2.24) is 14.9 Å². The van der Waals surface area contributed by atoms with Crippen molar-refractivity contribution < 1.29 is 24.5 Å². The van der Waals surface area contributed by atoms with Crippen LogP contribution in [0.15, 0.2) is 15.8 Å². The minimum atomic E-state index is -0.925. The number of aliphatic hydroxyl groups is 2. The summed E-state index contributed by atoms with van der Waals surface area (Å²) in [5, 5.41) is 21.3. The lowest BCUT2D eigenvalue weighted by atomic mass is 10.2. The summed E-state index contributed by atoms with van der Waals surface area (Å²) >= 11 is 0. The third-order valence-electron chi connectivity index (χ3n) is 3.61. The fraction of sp³-hybridized carbons (Fsp3) is 0.588. The molecule has 1 amide bonds. The van der Waals surface area contributed by atoms with E-state index in [1.807, 2.05) is 0 Å². The van der Waals surface area contributed by atoms with E-state index in [-0.39, 0.29) is 18.5 Å². The smallest absolute Gasteiger partial charge is 0.408 e. The van der Waals surface area contributed by atoms with Crippen LogP contribution in [-0.4, -0.2) is 56.8 Å². The first kappa shape index (κ1) is 20.7. The molecular weight excluding hydrogens is 358 g/mol. The minimum absolute atomic E-state index is 0.00822. The van der Waals surface area contributed by atoms with Crippen LogP contribution in [0.2, 0.25) is 0 Å². The predicted octanol–water partition coefficient (Wildman–Crippen LogP) is -0.946. The van der Waals surface area contributed by atoms with E-state index in [1.54, 1.807) is 20.8 Å². The van der Waals surface area contributed by atoms with E-state index in [9.17, 15) is 19.5 Å². The zero-order valence-corrected chi connectivity index (χ0v) is 15.3. The van der Waals surface area contributed by atoms with Gasteiger partial charge in [-0.3, -0.25) is 14.3 Å². The summed E-state index contributed by atoms with van der Waals surface area (Å²) < 4.78 is 11.6. The van der Waals surface area contributed by atoms with E-state index in [2.05, 4.69) is 22.1 Å². The molecule has 0 unspecified atom stereocenters. The molecule has 2 rings (SSSR count). The summed E-state index contributed by atoms with van der Waals surface area (Å²) in [5.74, 6) is 5.17. The highest BCUT2D eigenvalue weighted by molar-refractivity contribution is 5.68. The van der Waals surface area contributed by atoms with Crippen LogP contribution in [0.5, 0.6) is 0 Å². The first-order valence-corrected chi connectivity index (χ1v) is 8.36. The number of H-pyrrole nitrogens is 1. The molecule has 10 nitrogen and oxygen atoms in total. The summed E-state index contributed by atoms with van der Waals surface area (Å²) in [6, 6.07) is 0. The van der Waals surface area contributed by atoms with Gasteiger partial charge in [-0.05, 0) is 20.8 Å². The molecule has 0 radical (unpaired) electrons. The molecule has 0 aromatic carbocycles. The van der Waals surface area contributed by atoms with Gasteiger partial charge in [0.25, 0.3) is 5.56 Å². The van der Waals surface area contributed by atoms with E-state index in [0.717, 1.165) is 4.57 Å². The van der Waals surface area contributed by atoms with Crippen molar-refractivity contribution in [1.29, 1.82) is 0 Å². The molecule has 2 heterocycles. The van der Waals surface area contributed by atoms with E-state index >= 15 is 0 Å². The third kappa shape index (κ3) is 5.68. The number of aromatic nitrogens is 2. The monoisotopic (exact) mass is 381 g/mol. The molecule has 1 aliphatic rings. The van der Waals surface area contributed by atoms with Crippen molar-refractivity contribution in [2.75, 3.05) is 13.2 Å². The molecule has 4 N–H and O–H groups in total. The summed E-state index contributed by atoms with van der Waals surface area (Å²) in [4.78, 5) is 37.5. The van der Waals surface area contributed by atoms with Gasteiger partial charge >= 0.3 is 11.8 Å². The summed E-state index contributed by atoms with van der Waals surface area (Å²) in [5.41, 5.74) is -2.04. The van der Waals surface area contributed by atoms with E-state index in [1.165, 1.54) is 6.20 Å². The number of rotatable bonds is 3. The van der Waals surface area contributed by atoms with Gasteiger partial charge in [-0.15, -0.1) is 0 Å². The Balaban J connectivity index is 2.10. The lowest BCUT2D eigenvalue weighted by Gasteiger charge is -2.19. The van der Waals surface area contributed by atoms with E-state index < -0.39 is 48.0 Å². The first-order valence-electron chi connectivity index (χ1n) is 8.36. The van der Waals surface area contributed by atoms with Crippen molar-refractivity contribution in [3.8, 4) is 11.8 Å². The zero-order valence-electron chi connectivity index (χ0n) is 15.3. The number of nitrogens with one attached hydrogen (secondary N) is 2.